The maximum atomic E-state index is 14.0. The molecule has 0 spiro atoms. The first kappa shape index (κ1) is 15.4. The van der Waals surface area contributed by atoms with Crippen LogP contribution in [-0.4, -0.2) is 33.3 Å². The summed E-state index contributed by atoms with van der Waals surface area (Å²) in [4.78, 5) is 0. The molecule has 0 unspecified atom stereocenters. The first-order chi connectivity index (χ1) is 9.57. The van der Waals surface area contributed by atoms with Gasteiger partial charge in [-0.25, -0.2) is 17.5 Å². The Labute approximate surface area is 118 Å². The van der Waals surface area contributed by atoms with E-state index < -0.39 is 22.1 Å². The third-order valence-corrected chi connectivity index (χ3v) is 4.23. The summed E-state index contributed by atoms with van der Waals surface area (Å²) in [6.45, 7) is 0.962. The van der Waals surface area contributed by atoms with Crippen LogP contribution in [0.15, 0.2) is 18.2 Å². The molecule has 0 atom stereocenters. The lowest BCUT2D eigenvalue weighted by Crippen LogP contribution is -2.37. The molecule has 2 N–H and O–H groups in total. The summed E-state index contributed by atoms with van der Waals surface area (Å²) < 4.78 is 42.4. The van der Waals surface area contributed by atoms with E-state index in [1.165, 1.54) is 6.07 Å². The maximum Gasteiger partial charge on any atom is 0.201 e. The molecule has 0 radical (unpaired) electrons. The van der Waals surface area contributed by atoms with Gasteiger partial charge < -0.3 is 9.84 Å². The highest BCUT2D eigenvalue weighted by Gasteiger charge is 2.34. The van der Waals surface area contributed by atoms with Crippen LogP contribution in [0.2, 0.25) is 0 Å². The molecular formula is C13H18FNO4S. The molecule has 0 amide bonds. The van der Waals surface area contributed by atoms with Crippen LogP contribution < -0.4 is 4.72 Å². The number of nitrogens with one attached hydrogen (secondary N) is 1. The van der Waals surface area contributed by atoms with Crippen molar-refractivity contribution in [1.82, 2.24) is 4.72 Å². The molecule has 0 bridgehead atoms. The Bertz CT molecular complexity index is 533. The van der Waals surface area contributed by atoms with Gasteiger partial charge in [-0.3, -0.25) is 0 Å². The van der Waals surface area contributed by atoms with Crippen molar-refractivity contribution in [3.8, 4) is 0 Å². The fourth-order valence-electron chi connectivity index (χ4n) is 2.47. The van der Waals surface area contributed by atoms with Crippen molar-refractivity contribution in [1.29, 1.82) is 0 Å². The average Bonchev–Trinajstić information content (AvgIpc) is 2.46. The molecule has 1 aliphatic rings. The number of aliphatic hydroxyl groups excluding tert-OH is 1. The van der Waals surface area contributed by atoms with Crippen molar-refractivity contribution >= 4 is 10.9 Å². The summed E-state index contributed by atoms with van der Waals surface area (Å²) >= 11 is 0. The molecule has 1 heterocycles. The molecule has 0 aromatic heterocycles. The molecule has 1 aromatic rings. The fourth-order valence-corrected chi connectivity index (χ4v) is 2.77. The number of halogens is 1. The van der Waals surface area contributed by atoms with E-state index in [1.54, 1.807) is 12.1 Å². The van der Waals surface area contributed by atoms with E-state index in [0.717, 1.165) is 5.56 Å². The van der Waals surface area contributed by atoms with Crippen LogP contribution in [0.1, 0.15) is 24.0 Å². The highest BCUT2D eigenvalue weighted by Crippen LogP contribution is 2.35. The van der Waals surface area contributed by atoms with Crippen LogP contribution in [0, 0.1) is 5.82 Å². The predicted molar refractivity (Wildman–Crippen MR) is 72.4 cm³/mol. The van der Waals surface area contributed by atoms with E-state index in [2.05, 4.69) is 4.72 Å². The number of hydrogen-bond acceptors (Lipinski definition) is 4. The van der Waals surface area contributed by atoms with Crippen LogP contribution in [0.25, 0.3) is 0 Å². The molecule has 20 heavy (non-hydrogen) atoms. The summed E-state index contributed by atoms with van der Waals surface area (Å²) in [5, 5.41) is 9.66. The topological polar surface area (TPSA) is 75.6 Å². The summed E-state index contributed by atoms with van der Waals surface area (Å²) in [5.41, 5.74) is 0.554. The van der Waals surface area contributed by atoms with Crippen LogP contribution in [0.3, 0.4) is 0 Å². The molecular weight excluding hydrogens is 285 g/mol. The molecule has 0 aliphatic carbocycles. The highest BCUT2D eigenvalue weighted by molar-refractivity contribution is 7.70. The maximum absolute atomic E-state index is 14.0. The minimum Gasteiger partial charge on any atom is -0.395 e. The van der Waals surface area contributed by atoms with Gasteiger partial charge in [0.15, 0.2) is 0 Å². The molecule has 1 fully saturated rings. The van der Waals surface area contributed by atoms with E-state index in [-0.39, 0.29) is 18.7 Å². The number of rotatable bonds is 5. The van der Waals surface area contributed by atoms with Gasteiger partial charge in [0.2, 0.25) is 10.9 Å². The second-order valence-corrected chi connectivity index (χ2v) is 5.78. The van der Waals surface area contributed by atoms with E-state index in [9.17, 15) is 17.9 Å². The Morgan fingerprint density at radius 3 is 2.60 bits per heavy atom. The third-order valence-electron chi connectivity index (χ3n) is 3.82. The van der Waals surface area contributed by atoms with Gasteiger partial charge in [-0.1, -0.05) is 12.1 Å². The predicted octanol–water partition coefficient (Wildman–Crippen LogP) is 0.482. The van der Waals surface area contributed by atoms with E-state index in [4.69, 9.17) is 4.74 Å². The van der Waals surface area contributed by atoms with Gasteiger partial charge in [0.1, 0.15) is 5.82 Å². The zero-order valence-electron chi connectivity index (χ0n) is 11.0. The van der Waals surface area contributed by atoms with Crippen LogP contribution >= 0.6 is 0 Å². The minimum absolute atomic E-state index is 0.0557. The Kier molecular flexibility index (Phi) is 5.09. The monoisotopic (exact) mass is 303 g/mol. The van der Waals surface area contributed by atoms with Crippen molar-refractivity contribution < 1.29 is 22.7 Å². The Balaban J connectivity index is 2.22. The van der Waals surface area contributed by atoms with Gasteiger partial charge in [0, 0.05) is 30.7 Å². The second kappa shape index (κ2) is 6.62. The van der Waals surface area contributed by atoms with Crippen molar-refractivity contribution in [2.45, 2.75) is 24.8 Å². The second-order valence-electron chi connectivity index (χ2n) is 4.95. The summed E-state index contributed by atoms with van der Waals surface area (Å²) in [7, 11) is -2.74. The largest absolute Gasteiger partial charge is 0.395 e. The highest BCUT2D eigenvalue weighted by atomic mass is 32.2. The molecule has 1 aromatic carbocycles. The minimum atomic E-state index is -2.74. The molecule has 112 valence electrons. The summed E-state index contributed by atoms with van der Waals surface area (Å²) in [6, 6.07) is 4.69. The number of thiol groups is 1. The normalized spacial score (nSPS) is 18.4. The Hall–Kier alpha value is -1.02. The Morgan fingerprint density at radius 2 is 2.05 bits per heavy atom. The molecule has 1 aliphatic heterocycles. The first-order valence-corrected chi connectivity index (χ1v) is 7.60. The molecule has 2 rings (SSSR count). The number of hydrogen-bond donors (Lipinski definition) is 3. The Morgan fingerprint density at radius 1 is 1.35 bits per heavy atom. The molecule has 1 saturated heterocycles. The van der Waals surface area contributed by atoms with Crippen LogP contribution in [0.4, 0.5) is 4.39 Å². The van der Waals surface area contributed by atoms with Gasteiger partial charge in [-0.2, -0.15) is 0 Å². The van der Waals surface area contributed by atoms with E-state index in [0.29, 0.717) is 26.1 Å². The average molecular weight is 303 g/mol. The van der Waals surface area contributed by atoms with Gasteiger partial charge in [0.25, 0.3) is 0 Å². The van der Waals surface area contributed by atoms with Crippen LogP contribution in [0.5, 0.6) is 0 Å². The van der Waals surface area contributed by atoms with Crippen molar-refractivity contribution in [2.75, 3.05) is 19.8 Å². The first-order valence-electron chi connectivity index (χ1n) is 6.43. The number of ether oxygens (including phenoxy) is 1. The smallest absolute Gasteiger partial charge is 0.201 e. The third kappa shape index (κ3) is 3.35. The SMILES string of the molecule is O=[SH](=O)NCc1ccc(C2(CO)CCOCC2)cc1F. The summed E-state index contributed by atoms with van der Waals surface area (Å²) in [5.74, 6) is -0.467. The molecule has 7 heteroatoms. The van der Waals surface area contributed by atoms with Gasteiger partial charge in [0.05, 0.1) is 6.61 Å². The zero-order valence-corrected chi connectivity index (χ0v) is 11.9. The van der Waals surface area contributed by atoms with Gasteiger partial charge in [-0.15, -0.1) is 0 Å². The van der Waals surface area contributed by atoms with E-state index >= 15 is 0 Å². The lowest BCUT2D eigenvalue weighted by Gasteiger charge is -2.36. The molecule has 5 nitrogen and oxygen atoms in total. The fraction of sp³-hybridized carbons (Fsp3) is 0.538. The van der Waals surface area contributed by atoms with E-state index in [1.807, 2.05) is 0 Å². The van der Waals surface area contributed by atoms with Crippen molar-refractivity contribution in [2.24, 2.45) is 0 Å². The number of aliphatic hydroxyl groups is 1. The van der Waals surface area contributed by atoms with Crippen LogP contribution in [-0.2, 0) is 27.6 Å². The van der Waals surface area contributed by atoms with Gasteiger partial charge >= 0.3 is 0 Å². The lowest BCUT2D eigenvalue weighted by atomic mass is 9.74. The number of benzene rings is 1. The molecule has 0 saturated carbocycles. The summed E-state index contributed by atoms with van der Waals surface area (Å²) in [6.07, 6.45) is 1.29. The van der Waals surface area contributed by atoms with Crippen molar-refractivity contribution in [3.63, 3.8) is 0 Å². The lowest BCUT2D eigenvalue weighted by molar-refractivity contribution is 0.0252. The van der Waals surface area contributed by atoms with Gasteiger partial charge in [-0.05, 0) is 24.5 Å². The standard InChI is InChI=1S/C13H18FNO4S/c14-12-7-11(2-1-10(12)8-15-20(17)18)13(9-16)3-5-19-6-4-13/h1-2,7,16,20H,3-6,8-9H2,(H,15,17,18). The zero-order chi connectivity index (χ0) is 14.6. The quantitative estimate of drug-likeness (QED) is 0.692. The van der Waals surface area contributed by atoms with Crippen molar-refractivity contribution in [3.05, 3.63) is 35.1 Å².